The van der Waals surface area contributed by atoms with Crippen LogP contribution in [0.25, 0.3) is 11.4 Å². The molecular formula is C18H23Cl2N7O. The topological polar surface area (TPSA) is 101 Å². The molecule has 10 heteroatoms. The zero-order valence-corrected chi connectivity index (χ0v) is 17.0. The molecule has 1 aliphatic rings. The van der Waals surface area contributed by atoms with Crippen molar-refractivity contribution >= 4 is 36.4 Å². The number of H-pyrrole nitrogens is 1. The first-order chi connectivity index (χ1) is 12.7. The number of carbonyl (C=O) groups excluding carboxylic acids is 1. The molecule has 1 aromatic carbocycles. The fourth-order valence-corrected chi connectivity index (χ4v) is 3.27. The molecule has 1 amide bonds. The Labute approximate surface area is 175 Å². The lowest BCUT2D eigenvalue weighted by Gasteiger charge is -2.23. The van der Waals surface area contributed by atoms with Crippen LogP contribution in [0.3, 0.4) is 0 Å². The third-order valence-corrected chi connectivity index (χ3v) is 4.71. The second-order valence-electron chi connectivity index (χ2n) is 6.42. The second kappa shape index (κ2) is 9.68. The molecule has 1 fully saturated rings. The van der Waals surface area contributed by atoms with Gasteiger partial charge in [0, 0.05) is 23.6 Å². The number of benzene rings is 1. The number of nitrogens with zero attached hydrogens (tertiary/aromatic N) is 4. The molecule has 0 aliphatic carbocycles. The Hall–Kier alpha value is -2.42. The normalized spacial score (nSPS) is 14.0. The van der Waals surface area contributed by atoms with Gasteiger partial charge in [0.25, 0.3) is 5.91 Å². The van der Waals surface area contributed by atoms with Gasteiger partial charge in [0.15, 0.2) is 5.69 Å². The van der Waals surface area contributed by atoms with E-state index in [1.807, 2.05) is 35.9 Å². The van der Waals surface area contributed by atoms with E-state index >= 15 is 0 Å². The van der Waals surface area contributed by atoms with Crippen LogP contribution in [0.15, 0.2) is 36.7 Å². The first-order valence-electron chi connectivity index (χ1n) is 8.76. The highest BCUT2D eigenvalue weighted by Gasteiger charge is 2.22. The van der Waals surface area contributed by atoms with Gasteiger partial charge in [0.1, 0.15) is 5.82 Å². The molecule has 28 heavy (non-hydrogen) atoms. The van der Waals surface area contributed by atoms with Gasteiger partial charge in [-0.25, -0.2) is 9.67 Å². The van der Waals surface area contributed by atoms with E-state index in [1.165, 1.54) is 0 Å². The number of aromatic nitrogens is 5. The van der Waals surface area contributed by atoms with Crippen molar-refractivity contribution in [3.8, 4) is 11.4 Å². The van der Waals surface area contributed by atoms with Crippen LogP contribution in [0.4, 0.5) is 5.69 Å². The Bertz CT molecular complexity index is 887. The number of halogens is 2. The lowest BCUT2D eigenvalue weighted by atomic mass is 10.1. The molecular weight excluding hydrogens is 401 g/mol. The molecule has 0 spiro atoms. The summed E-state index contributed by atoms with van der Waals surface area (Å²) in [5, 5.41) is 14.5. The third kappa shape index (κ3) is 4.52. The summed E-state index contributed by atoms with van der Waals surface area (Å²) in [6.07, 6.45) is 5.48. The molecule has 0 radical (unpaired) electrons. The highest BCUT2D eigenvalue weighted by atomic mass is 35.5. The molecule has 1 aliphatic heterocycles. The molecule has 1 saturated heterocycles. The standard InChI is InChI=1S/C18H21N7O.2ClH/c1-12-16(23-24-25(12)15-6-8-19-9-7-15)18(26)22-14-4-2-13(3-5-14)17-20-10-11-21-17;;/h2-5,10-11,15,19H,6-9H2,1H3,(H,20,21)(H,22,26);2*1H. The Morgan fingerprint density at radius 3 is 2.54 bits per heavy atom. The first-order valence-corrected chi connectivity index (χ1v) is 8.76. The predicted octanol–water partition coefficient (Wildman–Crippen LogP) is 3.00. The Morgan fingerprint density at radius 2 is 1.89 bits per heavy atom. The Morgan fingerprint density at radius 1 is 1.18 bits per heavy atom. The number of rotatable bonds is 4. The number of hydrogen-bond acceptors (Lipinski definition) is 5. The summed E-state index contributed by atoms with van der Waals surface area (Å²) in [6, 6.07) is 7.82. The molecule has 4 rings (SSSR count). The van der Waals surface area contributed by atoms with Gasteiger partial charge in [-0.3, -0.25) is 4.79 Å². The fourth-order valence-electron chi connectivity index (χ4n) is 3.27. The maximum Gasteiger partial charge on any atom is 0.278 e. The molecule has 3 heterocycles. The monoisotopic (exact) mass is 423 g/mol. The molecule has 0 bridgehead atoms. The van der Waals surface area contributed by atoms with Crippen molar-refractivity contribution in [2.45, 2.75) is 25.8 Å². The summed E-state index contributed by atoms with van der Waals surface area (Å²) in [5.41, 5.74) is 2.85. The summed E-state index contributed by atoms with van der Waals surface area (Å²) < 4.78 is 1.88. The van der Waals surface area contributed by atoms with E-state index < -0.39 is 0 Å². The number of imidazole rings is 1. The van der Waals surface area contributed by atoms with Crippen LogP contribution in [0.2, 0.25) is 0 Å². The van der Waals surface area contributed by atoms with Crippen LogP contribution < -0.4 is 10.6 Å². The van der Waals surface area contributed by atoms with Gasteiger partial charge in [0.2, 0.25) is 0 Å². The van der Waals surface area contributed by atoms with Crippen molar-refractivity contribution in [3.05, 3.63) is 48.0 Å². The van der Waals surface area contributed by atoms with Crippen LogP contribution in [-0.2, 0) is 0 Å². The zero-order chi connectivity index (χ0) is 17.9. The van der Waals surface area contributed by atoms with E-state index in [-0.39, 0.29) is 30.7 Å². The molecule has 0 unspecified atom stereocenters. The average molecular weight is 424 g/mol. The lowest BCUT2D eigenvalue weighted by molar-refractivity contribution is 0.102. The van der Waals surface area contributed by atoms with Gasteiger partial charge in [0.05, 0.1) is 11.7 Å². The second-order valence-corrected chi connectivity index (χ2v) is 6.42. The van der Waals surface area contributed by atoms with E-state index in [0.29, 0.717) is 17.4 Å². The van der Waals surface area contributed by atoms with Gasteiger partial charge >= 0.3 is 0 Å². The molecule has 2 aromatic heterocycles. The predicted molar refractivity (Wildman–Crippen MR) is 112 cm³/mol. The van der Waals surface area contributed by atoms with Gasteiger partial charge in [-0.2, -0.15) is 0 Å². The molecule has 3 N–H and O–H groups in total. The van der Waals surface area contributed by atoms with Crippen molar-refractivity contribution in [2.24, 2.45) is 0 Å². The van der Waals surface area contributed by atoms with Gasteiger partial charge < -0.3 is 15.6 Å². The van der Waals surface area contributed by atoms with Crippen molar-refractivity contribution in [1.82, 2.24) is 30.3 Å². The lowest BCUT2D eigenvalue weighted by Crippen LogP contribution is -2.30. The summed E-state index contributed by atoms with van der Waals surface area (Å²) >= 11 is 0. The quantitative estimate of drug-likeness (QED) is 0.598. The van der Waals surface area contributed by atoms with Crippen molar-refractivity contribution in [3.63, 3.8) is 0 Å². The van der Waals surface area contributed by atoms with Crippen molar-refractivity contribution < 1.29 is 4.79 Å². The molecule has 3 aromatic rings. The van der Waals surface area contributed by atoms with Crippen molar-refractivity contribution in [2.75, 3.05) is 18.4 Å². The smallest absolute Gasteiger partial charge is 0.278 e. The highest BCUT2D eigenvalue weighted by Crippen LogP contribution is 2.21. The number of anilines is 1. The van der Waals surface area contributed by atoms with Crippen LogP contribution in [0.5, 0.6) is 0 Å². The Kier molecular flexibility index (Phi) is 7.56. The summed E-state index contributed by atoms with van der Waals surface area (Å²) in [6.45, 7) is 3.83. The van der Waals surface area contributed by atoms with Crippen LogP contribution in [0.1, 0.15) is 35.1 Å². The summed E-state index contributed by atoms with van der Waals surface area (Å²) in [5.74, 6) is 0.553. The van der Waals surface area contributed by atoms with E-state index in [2.05, 4.69) is 30.9 Å². The molecule has 150 valence electrons. The molecule has 8 nitrogen and oxygen atoms in total. The van der Waals surface area contributed by atoms with E-state index in [1.54, 1.807) is 12.4 Å². The van der Waals surface area contributed by atoms with Crippen LogP contribution in [0, 0.1) is 6.92 Å². The number of carbonyl (C=O) groups is 1. The third-order valence-electron chi connectivity index (χ3n) is 4.71. The minimum Gasteiger partial charge on any atom is -0.345 e. The van der Waals surface area contributed by atoms with Crippen LogP contribution >= 0.6 is 24.8 Å². The molecule has 0 atom stereocenters. The number of aromatic amines is 1. The average Bonchev–Trinajstić information content (AvgIpc) is 3.33. The highest BCUT2D eigenvalue weighted by molar-refractivity contribution is 6.03. The zero-order valence-electron chi connectivity index (χ0n) is 15.4. The van der Waals surface area contributed by atoms with Crippen molar-refractivity contribution in [1.29, 1.82) is 0 Å². The number of nitrogens with one attached hydrogen (secondary N) is 3. The van der Waals surface area contributed by atoms with E-state index in [4.69, 9.17) is 0 Å². The van der Waals surface area contributed by atoms with Crippen LogP contribution in [-0.4, -0.2) is 44.0 Å². The maximum atomic E-state index is 12.6. The summed E-state index contributed by atoms with van der Waals surface area (Å²) in [7, 11) is 0. The maximum absolute atomic E-state index is 12.6. The minimum absolute atomic E-state index is 0. The molecule has 0 saturated carbocycles. The largest absolute Gasteiger partial charge is 0.345 e. The van der Waals surface area contributed by atoms with Gasteiger partial charge in [-0.15, -0.1) is 29.9 Å². The summed E-state index contributed by atoms with van der Waals surface area (Å²) in [4.78, 5) is 19.9. The first kappa shape index (κ1) is 21.9. The number of piperidine rings is 1. The minimum atomic E-state index is -0.242. The SMILES string of the molecule is Cc1c(C(=O)Nc2ccc(-c3ncc[nH]3)cc2)nnn1C1CCNCC1.Cl.Cl. The number of amides is 1. The fraction of sp³-hybridized carbons (Fsp3) is 0.333. The van der Waals surface area contributed by atoms with Gasteiger partial charge in [-0.1, -0.05) is 5.21 Å². The number of hydrogen-bond donors (Lipinski definition) is 3. The Balaban J connectivity index is 0.00000140. The van der Waals surface area contributed by atoms with Gasteiger partial charge in [-0.05, 0) is 57.1 Å². The van der Waals surface area contributed by atoms with E-state index in [0.717, 1.165) is 43.0 Å². The van der Waals surface area contributed by atoms with E-state index in [9.17, 15) is 4.79 Å².